The first kappa shape index (κ1) is 17.8. The number of hydrogen-bond donors (Lipinski definition) is 2. The molecule has 21 heavy (non-hydrogen) atoms. The highest BCUT2D eigenvalue weighted by molar-refractivity contribution is 5.94. The van der Waals surface area contributed by atoms with Crippen LogP contribution >= 0.6 is 12.4 Å². The Morgan fingerprint density at radius 1 is 1.38 bits per heavy atom. The lowest BCUT2D eigenvalue weighted by Gasteiger charge is -2.31. The highest BCUT2D eigenvalue weighted by atomic mass is 35.5. The zero-order valence-electron chi connectivity index (χ0n) is 11.9. The fourth-order valence-corrected chi connectivity index (χ4v) is 2.33. The van der Waals surface area contributed by atoms with E-state index in [-0.39, 0.29) is 35.7 Å². The molecule has 0 spiro atoms. The molecule has 1 aliphatic heterocycles. The number of rotatable bonds is 3. The van der Waals surface area contributed by atoms with Crippen molar-refractivity contribution in [3.63, 3.8) is 0 Å². The Balaban J connectivity index is 0.00000220. The molecule has 0 aliphatic carbocycles. The van der Waals surface area contributed by atoms with Crippen molar-refractivity contribution in [2.45, 2.75) is 25.5 Å². The van der Waals surface area contributed by atoms with E-state index in [1.807, 2.05) is 0 Å². The number of amides is 1. The first-order chi connectivity index (χ1) is 9.54. The van der Waals surface area contributed by atoms with Gasteiger partial charge in [-0.1, -0.05) is 6.07 Å². The molecule has 0 unspecified atom stereocenters. The Kier molecular flexibility index (Phi) is 6.51. The molecule has 0 radical (unpaired) electrons. The summed E-state index contributed by atoms with van der Waals surface area (Å²) >= 11 is 0. The zero-order valence-corrected chi connectivity index (χ0v) is 12.7. The zero-order chi connectivity index (χ0) is 14.7. The summed E-state index contributed by atoms with van der Waals surface area (Å²) in [7, 11) is 1.57. The van der Waals surface area contributed by atoms with Gasteiger partial charge in [-0.15, -0.1) is 12.4 Å². The van der Waals surface area contributed by atoms with E-state index in [9.17, 15) is 13.6 Å². The molecular weight excluding hydrogens is 302 g/mol. The van der Waals surface area contributed by atoms with Crippen molar-refractivity contribution < 1.29 is 18.3 Å². The van der Waals surface area contributed by atoms with E-state index in [0.29, 0.717) is 6.54 Å². The van der Waals surface area contributed by atoms with Crippen molar-refractivity contribution in [2.24, 2.45) is 0 Å². The van der Waals surface area contributed by atoms with Gasteiger partial charge in [-0.25, -0.2) is 8.78 Å². The molecule has 2 atom stereocenters. The summed E-state index contributed by atoms with van der Waals surface area (Å²) in [6.45, 7) is 2.80. The highest BCUT2D eigenvalue weighted by Crippen LogP contribution is 2.16. The Morgan fingerprint density at radius 2 is 2.10 bits per heavy atom. The second kappa shape index (κ2) is 7.68. The van der Waals surface area contributed by atoms with Gasteiger partial charge in [-0.05, 0) is 31.5 Å². The Labute approximate surface area is 128 Å². The molecule has 4 nitrogen and oxygen atoms in total. The van der Waals surface area contributed by atoms with Crippen LogP contribution < -0.4 is 10.6 Å². The Bertz CT molecular complexity index is 514. The number of carbonyl (C=O) groups is 1. The SMILES string of the molecule is CO[C@@H]1CCNC[C@@H]1NC(=O)c1ccc(C)c(F)c1F.Cl. The van der Waals surface area contributed by atoms with Gasteiger partial charge in [-0.2, -0.15) is 0 Å². The average Bonchev–Trinajstić information content (AvgIpc) is 2.45. The third-order valence-electron chi connectivity index (χ3n) is 3.56. The topological polar surface area (TPSA) is 50.4 Å². The molecule has 1 heterocycles. The molecule has 1 saturated heterocycles. The fraction of sp³-hybridized carbons (Fsp3) is 0.500. The summed E-state index contributed by atoms with van der Waals surface area (Å²) in [5.74, 6) is -2.72. The Hall–Kier alpha value is -1.24. The van der Waals surface area contributed by atoms with E-state index in [2.05, 4.69) is 10.6 Å². The van der Waals surface area contributed by atoms with Crippen molar-refractivity contribution in [1.29, 1.82) is 0 Å². The molecule has 118 valence electrons. The molecule has 0 bridgehead atoms. The van der Waals surface area contributed by atoms with Crippen molar-refractivity contribution in [2.75, 3.05) is 20.2 Å². The summed E-state index contributed by atoms with van der Waals surface area (Å²) in [6, 6.07) is 2.42. The van der Waals surface area contributed by atoms with Crippen LogP contribution in [0, 0.1) is 18.6 Å². The van der Waals surface area contributed by atoms with E-state index in [1.54, 1.807) is 7.11 Å². The first-order valence-electron chi connectivity index (χ1n) is 6.53. The van der Waals surface area contributed by atoms with Crippen LogP contribution in [-0.2, 0) is 4.74 Å². The number of aryl methyl sites for hydroxylation is 1. The lowest BCUT2D eigenvalue weighted by molar-refractivity contribution is 0.0446. The number of ether oxygens (including phenoxy) is 1. The van der Waals surface area contributed by atoms with Crippen LogP contribution in [0.15, 0.2) is 12.1 Å². The molecule has 1 aliphatic rings. The molecule has 1 aromatic rings. The van der Waals surface area contributed by atoms with Gasteiger partial charge in [0, 0.05) is 13.7 Å². The normalized spacial score (nSPS) is 21.5. The molecule has 1 amide bonds. The summed E-state index contributed by atoms with van der Waals surface area (Å²) in [6.07, 6.45) is 0.630. The second-order valence-corrected chi connectivity index (χ2v) is 4.90. The maximum atomic E-state index is 13.8. The summed E-state index contributed by atoms with van der Waals surface area (Å²) in [4.78, 5) is 12.1. The van der Waals surface area contributed by atoms with E-state index in [1.165, 1.54) is 19.1 Å². The minimum atomic E-state index is -1.11. The molecule has 1 aromatic carbocycles. The lowest BCUT2D eigenvalue weighted by Crippen LogP contribution is -2.54. The van der Waals surface area contributed by atoms with E-state index in [4.69, 9.17) is 4.74 Å². The largest absolute Gasteiger partial charge is 0.379 e. The minimum absolute atomic E-state index is 0. The van der Waals surface area contributed by atoms with Gasteiger partial charge in [0.15, 0.2) is 11.6 Å². The maximum Gasteiger partial charge on any atom is 0.254 e. The van der Waals surface area contributed by atoms with Gasteiger partial charge in [0.2, 0.25) is 0 Å². The first-order valence-corrected chi connectivity index (χ1v) is 6.53. The van der Waals surface area contributed by atoms with Crippen molar-refractivity contribution in [3.05, 3.63) is 34.9 Å². The number of methoxy groups -OCH3 is 1. The van der Waals surface area contributed by atoms with E-state index >= 15 is 0 Å². The molecule has 1 fully saturated rings. The highest BCUT2D eigenvalue weighted by Gasteiger charge is 2.27. The third kappa shape index (κ3) is 3.90. The van der Waals surface area contributed by atoms with Gasteiger partial charge in [0.05, 0.1) is 17.7 Å². The third-order valence-corrected chi connectivity index (χ3v) is 3.56. The van der Waals surface area contributed by atoms with Crippen LogP contribution in [0.5, 0.6) is 0 Å². The smallest absolute Gasteiger partial charge is 0.254 e. The quantitative estimate of drug-likeness (QED) is 0.893. The molecular formula is C14H19ClF2N2O2. The number of piperidine rings is 1. The lowest BCUT2D eigenvalue weighted by atomic mass is 10.0. The van der Waals surface area contributed by atoms with Crippen LogP contribution in [0.3, 0.4) is 0 Å². The molecule has 0 saturated carbocycles. The predicted molar refractivity (Wildman–Crippen MR) is 77.9 cm³/mol. The van der Waals surface area contributed by atoms with Crippen LogP contribution in [-0.4, -0.2) is 38.3 Å². The van der Waals surface area contributed by atoms with Crippen molar-refractivity contribution >= 4 is 18.3 Å². The molecule has 2 N–H and O–H groups in total. The summed E-state index contributed by atoms with van der Waals surface area (Å²) in [5, 5.41) is 5.82. The van der Waals surface area contributed by atoms with Crippen molar-refractivity contribution in [1.82, 2.24) is 10.6 Å². The number of benzene rings is 1. The van der Waals surface area contributed by atoms with E-state index in [0.717, 1.165) is 13.0 Å². The van der Waals surface area contributed by atoms with Gasteiger partial charge in [-0.3, -0.25) is 4.79 Å². The maximum absolute atomic E-state index is 13.8. The number of halogens is 3. The van der Waals surface area contributed by atoms with Gasteiger partial charge < -0.3 is 15.4 Å². The van der Waals surface area contributed by atoms with Gasteiger partial charge in [0.25, 0.3) is 5.91 Å². The molecule has 7 heteroatoms. The number of hydrogen-bond acceptors (Lipinski definition) is 3. The Morgan fingerprint density at radius 3 is 2.76 bits per heavy atom. The predicted octanol–water partition coefficient (Wildman–Crippen LogP) is 1.80. The average molecular weight is 321 g/mol. The van der Waals surface area contributed by atoms with Crippen LogP contribution in [0.25, 0.3) is 0 Å². The number of nitrogens with one attached hydrogen (secondary N) is 2. The fourth-order valence-electron chi connectivity index (χ4n) is 2.33. The van der Waals surface area contributed by atoms with E-state index < -0.39 is 17.5 Å². The summed E-state index contributed by atoms with van der Waals surface area (Å²) in [5.41, 5.74) is -0.110. The molecule has 0 aromatic heterocycles. The van der Waals surface area contributed by atoms with Crippen LogP contribution in [0.1, 0.15) is 22.3 Å². The second-order valence-electron chi connectivity index (χ2n) is 4.90. The van der Waals surface area contributed by atoms with Gasteiger partial charge >= 0.3 is 0 Å². The van der Waals surface area contributed by atoms with Crippen LogP contribution in [0.2, 0.25) is 0 Å². The molecule has 2 rings (SSSR count). The standard InChI is InChI=1S/C14H18F2N2O2.ClH/c1-8-3-4-9(13(16)12(8)15)14(19)18-10-7-17-6-5-11(10)20-2;/h3-4,10-11,17H,5-7H2,1-2H3,(H,18,19);1H/t10-,11+;/m0./s1. The van der Waals surface area contributed by atoms with Crippen LogP contribution in [0.4, 0.5) is 8.78 Å². The monoisotopic (exact) mass is 320 g/mol. The van der Waals surface area contributed by atoms with Crippen molar-refractivity contribution in [3.8, 4) is 0 Å². The van der Waals surface area contributed by atoms with Gasteiger partial charge in [0.1, 0.15) is 0 Å². The number of carbonyl (C=O) groups excluding carboxylic acids is 1. The summed E-state index contributed by atoms with van der Waals surface area (Å²) < 4.78 is 32.5. The minimum Gasteiger partial charge on any atom is -0.379 e.